The van der Waals surface area contributed by atoms with Gasteiger partial charge in [-0.3, -0.25) is 4.79 Å². The van der Waals surface area contributed by atoms with Crippen molar-refractivity contribution in [2.75, 3.05) is 7.11 Å². The van der Waals surface area contributed by atoms with E-state index in [4.69, 9.17) is 9.47 Å². The number of fused-ring (bicyclic) bond motifs is 1. The Morgan fingerprint density at radius 2 is 1.77 bits per heavy atom. The summed E-state index contributed by atoms with van der Waals surface area (Å²) in [6, 6.07) is 5.46. The number of carbonyl (C=O) groups is 1. The van der Waals surface area contributed by atoms with Crippen LogP contribution >= 0.6 is 0 Å². The number of aryl methyl sites for hydroxylation is 1. The van der Waals surface area contributed by atoms with E-state index in [-0.39, 0.29) is 34.1 Å². The molecule has 114 valence electrons. The molecule has 22 heavy (non-hydrogen) atoms. The van der Waals surface area contributed by atoms with E-state index < -0.39 is 11.9 Å². The van der Waals surface area contributed by atoms with Gasteiger partial charge in [0.05, 0.1) is 7.11 Å². The van der Waals surface area contributed by atoms with Gasteiger partial charge in [0, 0.05) is 23.8 Å². The minimum atomic E-state index is -1.08. The molecule has 0 fully saturated rings. The maximum absolute atomic E-state index is 12.5. The van der Waals surface area contributed by atoms with E-state index >= 15 is 0 Å². The molecule has 6 heteroatoms. The number of benzene rings is 2. The standard InChI is InChI=1S/C16H14O6/c1-7-3-9(11(18)6-10(7)17)16-15(20)14-12(19)4-8(21-2)5-13(14)22-16/h3-6,16-19H,1-2H3. The van der Waals surface area contributed by atoms with E-state index in [9.17, 15) is 20.1 Å². The van der Waals surface area contributed by atoms with Gasteiger partial charge in [-0.05, 0) is 18.6 Å². The number of ether oxygens (including phenoxy) is 2. The minimum absolute atomic E-state index is 0.0518. The van der Waals surface area contributed by atoms with Gasteiger partial charge < -0.3 is 24.8 Å². The van der Waals surface area contributed by atoms with Crippen LogP contribution in [0, 0.1) is 6.92 Å². The quantitative estimate of drug-likeness (QED) is 0.788. The Balaban J connectivity index is 2.08. The molecule has 0 spiro atoms. The molecule has 1 unspecified atom stereocenters. The smallest absolute Gasteiger partial charge is 0.215 e. The van der Waals surface area contributed by atoms with Gasteiger partial charge in [-0.1, -0.05) is 0 Å². The lowest BCUT2D eigenvalue weighted by atomic mass is 9.99. The lowest BCUT2D eigenvalue weighted by molar-refractivity contribution is 0.0853. The number of hydrogen-bond acceptors (Lipinski definition) is 6. The van der Waals surface area contributed by atoms with Gasteiger partial charge in [-0.25, -0.2) is 0 Å². The number of Topliss-reactive ketones (excluding diaryl/α,β-unsaturated/α-hetero) is 1. The van der Waals surface area contributed by atoms with E-state index in [0.717, 1.165) is 6.07 Å². The highest BCUT2D eigenvalue weighted by atomic mass is 16.5. The molecule has 2 aromatic carbocycles. The number of carbonyl (C=O) groups excluding carboxylic acids is 1. The van der Waals surface area contributed by atoms with Crippen LogP contribution in [0.2, 0.25) is 0 Å². The summed E-state index contributed by atoms with van der Waals surface area (Å²) in [4.78, 5) is 12.5. The van der Waals surface area contributed by atoms with Crippen LogP contribution in [0.4, 0.5) is 0 Å². The molecule has 6 nitrogen and oxygen atoms in total. The van der Waals surface area contributed by atoms with E-state index in [1.807, 2.05) is 0 Å². The molecule has 2 aromatic rings. The average molecular weight is 302 g/mol. The predicted octanol–water partition coefficient (Wildman–Crippen LogP) is 2.44. The molecular weight excluding hydrogens is 288 g/mol. The van der Waals surface area contributed by atoms with Crippen molar-refractivity contribution < 1.29 is 29.6 Å². The Morgan fingerprint density at radius 3 is 2.45 bits per heavy atom. The summed E-state index contributed by atoms with van der Waals surface area (Å²) in [5, 5.41) is 29.5. The van der Waals surface area contributed by atoms with Gasteiger partial charge in [0.1, 0.15) is 34.3 Å². The highest BCUT2D eigenvalue weighted by Crippen LogP contribution is 2.46. The van der Waals surface area contributed by atoms with Gasteiger partial charge in [-0.2, -0.15) is 0 Å². The fourth-order valence-electron chi connectivity index (χ4n) is 2.47. The normalized spacial score (nSPS) is 16.3. The van der Waals surface area contributed by atoms with Crippen molar-refractivity contribution in [2.45, 2.75) is 13.0 Å². The molecule has 0 bridgehead atoms. The van der Waals surface area contributed by atoms with Crippen molar-refractivity contribution in [1.82, 2.24) is 0 Å². The lowest BCUT2D eigenvalue weighted by Crippen LogP contribution is -2.11. The number of hydrogen-bond donors (Lipinski definition) is 3. The zero-order valence-corrected chi connectivity index (χ0v) is 12.0. The molecule has 0 aliphatic carbocycles. The maximum atomic E-state index is 12.5. The van der Waals surface area contributed by atoms with Crippen LogP contribution in [-0.2, 0) is 0 Å². The molecule has 1 atom stereocenters. The monoisotopic (exact) mass is 302 g/mol. The molecule has 0 saturated heterocycles. The Bertz CT molecular complexity index is 781. The van der Waals surface area contributed by atoms with Crippen molar-refractivity contribution in [1.29, 1.82) is 0 Å². The fraction of sp³-hybridized carbons (Fsp3) is 0.188. The van der Waals surface area contributed by atoms with Gasteiger partial charge >= 0.3 is 0 Å². The van der Waals surface area contributed by atoms with Crippen LogP contribution in [0.1, 0.15) is 27.6 Å². The second kappa shape index (κ2) is 4.84. The predicted molar refractivity (Wildman–Crippen MR) is 76.9 cm³/mol. The molecule has 0 aromatic heterocycles. The number of ketones is 1. The second-order valence-corrected chi connectivity index (χ2v) is 5.08. The van der Waals surface area contributed by atoms with Crippen LogP contribution in [0.3, 0.4) is 0 Å². The molecule has 1 aliphatic rings. The summed E-state index contributed by atoms with van der Waals surface area (Å²) in [6.07, 6.45) is -1.08. The van der Waals surface area contributed by atoms with E-state index in [1.165, 1.54) is 25.3 Å². The summed E-state index contributed by atoms with van der Waals surface area (Å²) in [5.74, 6) is -0.477. The highest BCUT2D eigenvalue weighted by molar-refractivity contribution is 6.07. The van der Waals surface area contributed by atoms with E-state index in [0.29, 0.717) is 11.3 Å². The first kappa shape index (κ1) is 14.1. The van der Waals surface area contributed by atoms with Crippen LogP contribution in [0.25, 0.3) is 0 Å². The molecule has 1 aliphatic heterocycles. The number of phenols is 3. The van der Waals surface area contributed by atoms with E-state index in [1.54, 1.807) is 6.92 Å². The molecule has 0 saturated carbocycles. The number of rotatable bonds is 2. The van der Waals surface area contributed by atoms with Crippen molar-refractivity contribution in [3.63, 3.8) is 0 Å². The number of aromatic hydroxyl groups is 3. The third-order valence-corrected chi connectivity index (χ3v) is 3.65. The maximum Gasteiger partial charge on any atom is 0.215 e. The Labute approximate surface area is 126 Å². The SMILES string of the molecule is COc1cc(O)c2c(c1)OC(c1cc(C)c(O)cc1O)C2=O. The van der Waals surface area contributed by atoms with Crippen LogP contribution in [0.15, 0.2) is 24.3 Å². The van der Waals surface area contributed by atoms with Crippen LogP contribution < -0.4 is 9.47 Å². The molecule has 0 amide bonds. The first-order chi connectivity index (χ1) is 10.4. The van der Waals surface area contributed by atoms with Gasteiger partial charge in [0.25, 0.3) is 0 Å². The highest BCUT2D eigenvalue weighted by Gasteiger charge is 2.38. The summed E-state index contributed by atoms with van der Waals surface area (Å²) >= 11 is 0. The number of methoxy groups -OCH3 is 1. The molecule has 0 radical (unpaired) electrons. The first-order valence-electron chi connectivity index (χ1n) is 6.56. The zero-order valence-electron chi connectivity index (χ0n) is 12.0. The largest absolute Gasteiger partial charge is 0.508 e. The van der Waals surface area contributed by atoms with Gasteiger partial charge in [-0.15, -0.1) is 0 Å². The molecule has 3 N–H and O–H groups in total. The van der Waals surface area contributed by atoms with Gasteiger partial charge in [0.15, 0.2) is 6.10 Å². The van der Waals surface area contributed by atoms with Crippen molar-refractivity contribution in [3.05, 3.63) is 41.0 Å². The lowest BCUT2D eigenvalue weighted by Gasteiger charge is -2.13. The third-order valence-electron chi connectivity index (χ3n) is 3.65. The van der Waals surface area contributed by atoms with E-state index in [2.05, 4.69) is 0 Å². The van der Waals surface area contributed by atoms with Crippen LogP contribution in [0.5, 0.6) is 28.7 Å². The summed E-state index contributed by atoms with van der Waals surface area (Å²) in [6.45, 7) is 1.64. The topological polar surface area (TPSA) is 96.2 Å². The Morgan fingerprint density at radius 1 is 1.05 bits per heavy atom. The van der Waals surface area contributed by atoms with Crippen molar-refractivity contribution in [3.8, 4) is 28.7 Å². The Hall–Kier alpha value is -2.89. The average Bonchev–Trinajstić information content (AvgIpc) is 2.80. The van der Waals surface area contributed by atoms with Crippen molar-refractivity contribution in [2.24, 2.45) is 0 Å². The summed E-state index contributed by atoms with van der Waals surface area (Å²) in [5.41, 5.74) is 0.785. The van der Waals surface area contributed by atoms with Crippen LogP contribution in [-0.4, -0.2) is 28.2 Å². The number of phenolic OH excluding ortho intramolecular Hbond substituents is 3. The fourth-order valence-corrected chi connectivity index (χ4v) is 2.47. The van der Waals surface area contributed by atoms with Crippen molar-refractivity contribution >= 4 is 5.78 Å². The summed E-state index contributed by atoms with van der Waals surface area (Å²) < 4.78 is 10.6. The third kappa shape index (κ3) is 2.00. The first-order valence-corrected chi connectivity index (χ1v) is 6.56. The van der Waals surface area contributed by atoms with Gasteiger partial charge in [0.2, 0.25) is 5.78 Å². The Kier molecular flexibility index (Phi) is 3.09. The molecule has 1 heterocycles. The molecular formula is C16H14O6. The zero-order chi connectivity index (χ0) is 16.0. The second-order valence-electron chi connectivity index (χ2n) is 5.08. The minimum Gasteiger partial charge on any atom is -0.508 e. The molecule has 3 rings (SSSR count). The summed E-state index contributed by atoms with van der Waals surface area (Å²) in [7, 11) is 1.44.